The lowest BCUT2D eigenvalue weighted by Gasteiger charge is -2.31. The van der Waals surface area contributed by atoms with E-state index in [4.69, 9.17) is 33.2 Å². The number of nitrogens with one attached hydrogen (secondary N) is 5. The lowest BCUT2D eigenvalue weighted by atomic mass is 10.0. The van der Waals surface area contributed by atoms with Crippen LogP contribution in [0.15, 0.2) is 77.8 Å². The first kappa shape index (κ1) is 66.8. The second-order valence-corrected chi connectivity index (χ2v) is 25.6. The number of aromatic nitrogens is 3. The third-order valence-electron chi connectivity index (χ3n) is 17.3. The Hall–Kier alpha value is -9.13. The van der Waals surface area contributed by atoms with Crippen molar-refractivity contribution in [1.29, 1.82) is 0 Å². The fraction of sp³-hybridized carbons (Fsp3) is 0.492. The van der Waals surface area contributed by atoms with E-state index >= 15 is 0 Å². The molecular weight excluding hydrogens is 1230 g/mol. The van der Waals surface area contributed by atoms with Crippen LogP contribution in [0.2, 0.25) is 0 Å². The fourth-order valence-corrected chi connectivity index (χ4v) is 13.1. The van der Waals surface area contributed by atoms with Gasteiger partial charge in [0.1, 0.15) is 25.3 Å². The predicted molar refractivity (Wildman–Crippen MR) is 335 cm³/mol. The van der Waals surface area contributed by atoms with Gasteiger partial charge in [-0.25, -0.2) is 19.2 Å². The number of aliphatic imine (C=N–C) groups is 1. The average molecular weight is 1310 g/mol. The van der Waals surface area contributed by atoms with E-state index in [1.807, 2.05) is 11.8 Å². The van der Waals surface area contributed by atoms with Gasteiger partial charge in [-0.15, -0.1) is 5.10 Å². The van der Waals surface area contributed by atoms with Crippen molar-refractivity contribution in [2.45, 2.75) is 103 Å². The van der Waals surface area contributed by atoms with Crippen LogP contribution in [-0.2, 0) is 65.3 Å². The van der Waals surface area contributed by atoms with E-state index in [-0.39, 0.29) is 93.2 Å². The smallest absolute Gasteiger partial charge is 0.421 e. The summed E-state index contributed by atoms with van der Waals surface area (Å²) in [4.78, 5) is 103. The second-order valence-electron chi connectivity index (χ2n) is 24.1. The monoisotopic (exact) mass is 1310 g/mol. The summed E-state index contributed by atoms with van der Waals surface area (Å²) in [5.41, 5.74) is 5.44. The molecule has 4 aromatic rings. The molecule has 8 atom stereocenters. The lowest BCUT2D eigenvalue weighted by molar-refractivity contribution is -0.133. The van der Waals surface area contributed by atoms with E-state index in [1.54, 1.807) is 66.0 Å². The van der Waals surface area contributed by atoms with Gasteiger partial charge in [0.05, 0.1) is 86.6 Å². The number of nitrogens with zero attached hydrogens (tertiary/aromatic N) is 7. The molecule has 6 N–H and O–H groups in total. The highest BCUT2D eigenvalue weighted by molar-refractivity contribution is 7.88. The molecular formula is C63H78N12O17S. The van der Waals surface area contributed by atoms with Crippen LogP contribution in [0.1, 0.15) is 90.5 Å². The van der Waals surface area contributed by atoms with Gasteiger partial charge in [0.2, 0.25) is 17.7 Å². The number of aryl methyl sites for hydroxylation is 2. The molecule has 1 saturated carbocycles. The highest BCUT2D eigenvalue weighted by Gasteiger charge is 2.51. The maximum Gasteiger partial charge on any atom is 0.421 e. The highest BCUT2D eigenvalue weighted by atomic mass is 32.2. The molecule has 10 rings (SSSR count). The summed E-state index contributed by atoms with van der Waals surface area (Å²) >= 11 is 0. The molecule has 5 heterocycles. The Bertz CT molecular complexity index is 3710. The SMILES string of the molecule is C=C1C[C@H]2C=Nc3cc(OCCCOc4cc5c(cc4OC)C(=O)N4CC(=C)C[C@H]4[C@H](O)N5C(=O)OCc4ccc(NC(=O)[C@H](C)NC(=O)[C@@H](NC(=O)COCCNS(=O)(=O)NC(=O)OCC5[C@H]6CCc7c(nnn7C)CC[C@@H]56)C(C)C)cc4)c(OC)cc3C(=O)N2C1. The first-order valence-electron chi connectivity index (χ1n) is 30.7. The van der Waals surface area contributed by atoms with Crippen molar-refractivity contribution in [2.24, 2.45) is 35.7 Å². The van der Waals surface area contributed by atoms with Gasteiger partial charge in [0.25, 0.3) is 11.8 Å². The molecule has 1 aromatic heterocycles. The minimum atomic E-state index is -4.31. The average Bonchev–Trinajstić information content (AvgIpc) is 1.66. The van der Waals surface area contributed by atoms with Crippen molar-refractivity contribution in [2.75, 3.05) is 77.1 Å². The number of ether oxygens (including phenoxy) is 7. The van der Waals surface area contributed by atoms with Crippen LogP contribution < -0.4 is 49.2 Å². The molecule has 0 radical (unpaired) electrons. The Morgan fingerprint density at radius 3 is 2.17 bits per heavy atom. The number of methoxy groups -OCH3 is 2. The van der Waals surface area contributed by atoms with Crippen LogP contribution in [0.5, 0.6) is 23.0 Å². The molecule has 6 aliphatic rings. The van der Waals surface area contributed by atoms with Gasteiger partial charge in [0, 0.05) is 57.1 Å². The molecule has 2 saturated heterocycles. The molecule has 0 bridgehead atoms. The van der Waals surface area contributed by atoms with Crippen molar-refractivity contribution in [3.63, 3.8) is 0 Å². The summed E-state index contributed by atoms with van der Waals surface area (Å²) in [7, 11) is 0.441. The second kappa shape index (κ2) is 28.8. The van der Waals surface area contributed by atoms with E-state index in [0.29, 0.717) is 70.8 Å². The van der Waals surface area contributed by atoms with Crippen LogP contribution >= 0.6 is 0 Å². The number of amides is 7. The summed E-state index contributed by atoms with van der Waals surface area (Å²) in [6, 6.07) is 9.26. The van der Waals surface area contributed by atoms with Crippen LogP contribution in [0.4, 0.5) is 26.7 Å². The van der Waals surface area contributed by atoms with E-state index in [1.165, 1.54) is 38.2 Å². The molecule has 3 fully saturated rings. The Kier molecular flexibility index (Phi) is 20.7. The van der Waals surface area contributed by atoms with Crippen molar-refractivity contribution in [3.05, 3.63) is 101 Å². The molecule has 3 aromatic carbocycles. The standard InChI is InChI=1S/C63H78N12O17S/c1-34(2)56(68-55(76)33-88-21-18-65-93(84,85)70-62(82)91-32-45-41-14-16-46-48(17-15-42(41)45)72(6)71-69-46)58(78)66-37(5)57(77)67-39-12-10-38(11-13-39)31-92-63(83)75-49-27-54(52(87-8)25-44(49)60(80)74-30-36(4)23-50(74)61(75)81)90-20-9-19-89-53-26-47-43(24-51(53)86-7)59(79)73-29-35(3)22-40(73)28-64-47/h10-13,24-28,34,37,40-42,45,50,56,61,65,81H,3-4,9,14-23,29-33H2,1-2,5-8H3,(H,66,78)(H,67,77)(H,68,76)(H,70,82)/t37-,40-,41+,42-,45?,50-,56-,61-/m0/s1. The normalized spacial score (nSPS) is 21.0. The largest absolute Gasteiger partial charge is 0.493 e. The number of carbonyl (C=O) groups is 7. The molecule has 2 aliphatic carbocycles. The minimum Gasteiger partial charge on any atom is -0.493 e. The number of anilines is 2. The first-order valence-corrected chi connectivity index (χ1v) is 32.2. The number of hydrogen-bond acceptors (Lipinski definition) is 20. The van der Waals surface area contributed by atoms with Crippen LogP contribution in [0, 0.1) is 23.7 Å². The first-order chi connectivity index (χ1) is 44.5. The summed E-state index contributed by atoms with van der Waals surface area (Å²) in [6.45, 7) is 12.4. The highest BCUT2D eigenvalue weighted by Crippen LogP contribution is 2.53. The van der Waals surface area contributed by atoms with Crippen LogP contribution in [-0.4, -0.2) is 184 Å². The van der Waals surface area contributed by atoms with Gasteiger partial charge in [-0.3, -0.25) is 33.6 Å². The zero-order valence-electron chi connectivity index (χ0n) is 52.6. The molecule has 29 nitrogen and oxygen atoms in total. The zero-order valence-corrected chi connectivity index (χ0v) is 53.5. The lowest BCUT2D eigenvalue weighted by Crippen LogP contribution is -2.54. The van der Waals surface area contributed by atoms with Crippen molar-refractivity contribution < 1.29 is 80.2 Å². The molecule has 93 heavy (non-hydrogen) atoms. The van der Waals surface area contributed by atoms with E-state index in [9.17, 15) is 47.1 Å². The summed E-state index contributed by atoms with van der Waals surface area (Å²) in [5, 5.41) is 28.2. The number of aliphatic hydroxyl groups excluding tert-OH is 1. The van der Waals surface area contributed by atoms with Gasteiger partial charge in [-0.05, 0) is 98.9 Å². The fourth-order valence-electron chi connectivity index (χ4n) is 12.4. The number of aliphatic hydroxyl groups is 1. The topological polar surface area (TPSA) is 351 Å². The maximum atomic E-state index is 14.3. The summed E-state index contributed by atoms with van der Waals surface area (Å²) in [5.74, 6) is -1.08. The number of carbonyl (C=O) groups excluding carboxylic acids is 7. The third-order valence-corrected chi connectivity index (χ3v) is 18.4. The van der Waals surface area contributed by atoms with Gasteiger partial charge in [-0.1, -0.05) is 55.5 Å². The molecule has 1 unspecified atom stereocenters. The Morgan fingerprint density at radius 1 is 0.796 bits per heavy atom. The van der Waals surface area contributed by atoms with E-state index in [2.05, 4.69) is 49.1 Å². The van der Waals surface area contributed by atoms with Crippen LogP contribution in [0.3, 0.4) is 0 Å². The molecule has 7 amide bonds. The maximum absolute atomic E-state index is 14.3. The third kappa shape index (κ3) is 15.5. The summed E-state index contributed by atoms with van der Waals surface area (Å²) in [6.07, 6.45) is 2.66. The van der Waals surface area contributed by atoms with Gasteiger partial charge < -0.3 is 64.0 Å². The predicted octanol–water partition coefficient (Wildman–Crippen LogP) is 4.02. The van der Waals surface area contributed by atoms with Crippen molar-refractivity contribution in [1.82, 2.24) is 44.9 Å². The minimum absolute atomic E-state index is 0.0121. The zero-order chi connectivity index (χ0) is 66.4. The van der Waals surface area contributed by atoms with Crippen LogP contribution in [0.25, 0.3) is 0 Å². The molecule has 30 heteroatoms. The number of rotatable bonds is 25. The number of benzene rings is 3. The summed E-state index contributed by atoms with van der Waals surface area (Å²) < 4.78 is 70.8. The number of hydrogen-bond donors (Lipinski definition) is 6. The van der Waals surface area contributed by atoms with E-state index in [0.717, 1.165) is 47.5 Å². The van der Waals surface area contributed by atoms with Gasteiger partial charge in [-0.2, -0.15) is 13.1 Å². The van der Waals surface area contributed by atoms with Gasteiger partial charge >= 0.3 is 22.4 Å². The Labute approximate surface area is 537 Å². The van der Waals surface area contributed by atoms with Crippen molar-refractivity contribution >= 4 is 75.2 Å². The Balaban J connectivity index is 0.666. The van der Waals surface area contributed by atoms with Gasteiger partial charge in [0.15, 0.2) is 29.2 Å². The number of fused-ring (bicyclic) bond motifs is 6. The molecule has 498 valence electrons. The Morgan fingerprint density at radius 2 is 1.46 bits per heavy atom. The molecule has 0 spiro atoms. The van der Waals surface area contributed by atoms with Crippen molar-refractivity contribution in [3.8, 4) is 23.0 Å². The van der Waals surface area contributed by atoms with E-state index < -0.39 is 82.9 Å². The quantitative estimate of drug-likeness (QED) is 0.0403. The molecule has 4 aliphatic heterocycles.